The average molecular weight is 303 g/mol. The van der Waals surface area contributed by atoms with Gasteiger partial charge in [-0.2, -0.15) is 11.8 Å². The van der Waals surface area contributed by atoms with E-state index in [1.807, 2.05) is 17.8 Å². The lowest BCUT2D eigenvalue weighted by Gasteiger charge is -2.25. The summed E-state index contributed by atoms with van der Waals surface area (Å²) >= 11 is 1.89. The van der Waals surface area contributed by atoms with Crippen LogP contribution in [-0.2, 0) is 6.54 Å². The normalized spacial score (nSPS) is 12.8. The van der Waals surface area contributed by atoms with E-state index in [0.29, 0.717) is 6.04 Å². The number of nitrogens with zero attached hydrogens (tertiary/aromatic N) is 2. The summed E-state index contributed by atoms with van der Waals surface area (Å²) in [4.78, 5) is 7.17. The molecule has 1 unspecified atom stereocenters. The molecule has 2 aromatic rings. The third-order valence-electron chi connectivity index (χ3n) is 3.73. The van der Waals surface area contributed by atoms with Crippen molar-refractivity contribution in [2.45, 2.75) is 26.4 Å². The number of thioether (sulfide) groups is 1. The molecule has 0 aliphatic heterocycles. The van der Waals surface area contributed by atoms with Crippen molar-refractivity contribution in [1.29, 1.82) is 0 Å². The zero-order valence-corrected chi connectivity index (χ0v) is 14.2. The van der Waals surface area contributed by atoms with Gasteiger partial charge in [0, 0.05) is 35.8 Å². The van der Waals surface area contributed by atoms with E-state index in [2.05, 4.69) is 61.6 Å². The molecular weight excluding hydrogens is 278 g/mol. The van der Waals surface area contributed by atoms with Gasteiger partial charge in [-0.05, 0) is 39.3 Å². The number of para-hydroxylation sites is 1. The van der Waals surface area contributed by atoms with Crippen LogP contribution in [0.1, 0.15) is 19.4 Å². The Bertz CT molecular complexity index is 585. The Kier molecular flexibility index (Phi) is 5.88. The number of anilines is 1. The van der Waals surface area contributed by atoms with E-state index in [0.717, 1.165) is 30.2 Å². The first-order valence-corrected chi connectivity index (χ1v) is 8.86. The molecule has 0 fully saturated rings. The summed E-state index contributed by atoms with van der Waals surface area (Å²) in [7, 11) is 2.19. The number of rotatable bonds is 7. The van der Waals surface area contributed by atoms with Crippen molar-refractivity contribution in [2.75, 3.05) is 30.9 Å². The SMILES string of the molecule is CCNc1nc2ccccc2cc1CN(C)C(C)CSC. The molecule has 0 spiro atoms. The standard InChI is InChI=1S/C17H25N3S/c1-5-18-17-15(11-20(3)13(2)12-21-4)10-14-8-6-7-9-16(14)19-17/h6-10,13H,5,11-12H2,1-4H3,(H,18,19). The van der Waals surface area contributed by atoms with Gasteiger partial charge in [-0.3, -0.25) is 4.90 Å². The fourth-order valence-electron chi connectivity index (χ4n) is 2.39. The van der Waals surface area contributed by atoms with Crippen molar-refractivity contribution in [2.24, 2.45) is 0 Å². The molecule has 0 aliphatic carbocycles. The molecule has 3 nitrogen and oxygen atoms in total. The quantitative estimate of drug-likeness (QED) is 0.841. The number of fused-ring (bicyclic) bond motifs is 1. The Morgan fingerprint density at radius 3 is 2.81 bits per heavy atom. The lowest BCUT2D eigenvalue weighted by molar-refractivity contribution is 0.270. The van der Waals surface area contributed by atoms with Gasteiger partial charge in [0.25, 0.3) is 0 Å². The third kappa shape index (κ3) is 4.11. The van der Waals surface area contributed by atoms with Crippen LogP contribution in [0.3, 0.4) is 0 Å². The number of pyridine rings is 1. The molecule has 1 aromatic carbocycles. The van der Waals surface area contributed by atoms with Crippen molar-refractivity contribution < 1.29 is 0 Å². The number of aromatic nitrogens is 1. The monoisotopic (exact) mass is 303 g/mol. The van der Waals surface area contributed by atoms with Crippen molar-refractivity contribution in [3.05, 3.63) is 35.9 Å². The van der Waals surface area contributed by atoms with Crippen LogP contribution in [-0.4, -0.2) is 41.5 Å². The molecule has 1 N–H and O–H groups in total. The zero-order chi connectivity index (χ0) is 15.2. The van der Waals surface area contributed by atoms with Crippen molar-refractivity contribution in [3.63, 3.8) is 0 Å². The molecule has 0 radical (unpaired) electrons. The summed E-state index contributed by atoms with van der Waals surface area (Å²) < 4.78 is 0. The maximum Gasteiger partial charge on any atom is 0.131 e. The van der Waals surface area contributed by atoms with Gasteiger partial charge in [0.05, 0.1) is 5.52 Å². The molecule has 1 heterocycles. The van der Waals surface area contributed by atoms with Gasteiger partial charge < -0.3 is 5.32 Å². The molecule has 114 valence electrons. The van der Waals surface area contributed by atoms with Crippen LogP contribution < -0.4 is 5.32 Å². The van der Waals surface area contributed by atoms with Gasteiger partial charge in [0.1, 0.15) is 5.82 Å². The lowest BCUT2D eigenvalue weighted by Crippen LogP contribution is -2.30. The van der Waals surface area contributed by atoms with E-state index in [4.69, 9.17) is 4.98 Å². The highest BCUT2D eigenvalue weighted by Gasteiger charge is 2.13. The topological polar surface area (TPSA) is 28.2 Å². The largest absolute Gasteiger partial charge is 0.370 e. The van der Waals surface area contributed by atoms with Gasteiger partial charge in [-0.1, -0.05) is 18.2 Å². The van der Waals surface area contributed by atoms with Crippen LogP contribution in [0.15, 0.2) is 30.3 Å². The second-order valence-electron chi connectivity index (χ2n) is 5.44. The summed E-state index contributed by atoms with van der Waals surface area (Å²) in [5.41, 5.74) is 2.32. The third-order valence-corrected chi connectivity index (χ3v) is 4.54. The van der Waals surface area contributed by atoms with Gasteiger partial charge in [-0.15, -0.1) is 0 Å². The number of hydrogen-bond donors (Lipinski definition) is 1. The Balaban J connectivity index is 2.29. The van der Waals surface area contributed by atoms with Crippen molar-refractivity contribution in [3.8, 4) is 0 Å². The maximum absolute atomic E-state index is 4.78. The second-order valence-corrected chi connectivity index (χ2v) is 6.35. The Labute approximate surface area is 132 Å². The van der Waals surface area contributed by atoms with Gasteiger partial charge in [0.2, 0.25) is 0 Å². The zero-order valence-electron chi connectivity index (χ0n) is 13.4. The number of benzene rings is 1. The van der Waals surface area contributed by atoms with Gasteiger partial charge in [0.15, 0.2) is 0 Å². The highest BCUT2D eigenvalue weighted by atomic mass is 32.2. The molecule has 1 aromatic heterocycles. The van der Waals surface area contributed by atoms with Crippen molar-refractivity contribution >= 4 is 28.5 Å². The maximum atomic E-state index is 4.78. The van der Waals surface area contributed by atoms with E-state index in [1.54, 1.807) is 0 Å². The first kappa shape index (κ1) is 16.1. The molecule has 0 amide bonds. The molecule has 0 saturated carbocycles. The molecule has 4 heteroatoms. The summed E-state index contributed by atoms with van der Waals surface area (Å²) in [6.07, 6.45) is 2.16. The van der Waals surface area contributed by atoms with Gasteiger partial charge >= 0.3 is 0 Å². The first-order valence-electron chi connectivity index (χ1n) is 7.47. The second kappa shape index (κ2) is 7.66. The van der Waals surface area contributed by atoms with Crippen LogP contribution in [0.4, 0.5) is 5.82 Å². The number of nitrogens with one attached hydrogen (secondary N) is 1. The van der Waals surface area contributed by atoms with Crippen LogP contribution in [0.2, 0.25) is 0 Å². The predicted octanol–water partition coefficient (Wildman–Crippen LogP) is 3.85. The fourth-order valence-corrected chi connectivity index (χ4v) is 3.13. The molecule has 1 atom stereocenters. The smallest absolute Gasteiger partial charge is 0.131 e. The van der Waals surface area contributed by atoms with E-state index in [1.165, 1.54) is 10.9 Å². The minimum Gasteiger partial charge on any atom is -0.370 e. The Morgan fingerprint density at radius 2 is 2.10 bits per heavy atom. The fraction of sp³-hybridized carbons (Fsp3) is 0.471. The van der Waals surface area contributed by atoms with E-state index >= 15 is 0 Å². The summed E-state index contributed by atoms with van der Waals surface area (Å²) in [6, 6.07) is 11.1. The first-order chi connectivity index (χ1) is 10.2. The molecule has 21 heavy (non-hydrogen) atoms. The molecule has 0 saturated heterocycles. The Hall–Kier alpha value is -1.26. The number of hydrogen-bond acceptors (Lipinski definition) is 4. The highest BCUT2D eigenvalue weighted by Crippen LogP contribution is 2.22. The summed E-state index contributed by atoms with van der Waals surface area (Å²) in [5, 5.41) is 4.61. The molecule has 0 aliphatic rings. The van der Waals surface area contributed by atoms with Crippen LogP contribution in [0, 0.1) is 0 Å². The minimum absolute atomic E-state index is 0.556. The van der Waals surface area contributed by atoms with Crippen LogP contribution >= 0.6 is 11.8 Å². The minimum atomic E-state index is 0.556. The van der Waals surface area contributed by atoms with Crippen LogP contribution in [0.25, 0.3) is 10.9 Å². The molecule has 0 bridgehead atoms. The van der Waals surface area contributed by atoms with Crippen LogP contribution in [0.5, 0.6) is 0 Å². The van der Waals surface area contributed by atoms with E-state index in [-0.39, 0.29) is 0 Å². The molecular formula is C17H25N3S. The Morgan fingerprint density at radius 1 is 1.33 bits per heavy atom. The predicted molar refractivity (Wildman–Crippen MR) is 95.2 cm³/mol. The highest BCUT2D eigenvalue weighted by molar-refractivity contribution is 7.98. The summed E-state index contributed by atoms with van der Waals surface area (Å²) in [6.45, 7) is 6.20. The molecule has 2 rings (SSSR count). The van der Waals surface area contributed by atoms with E-state index in [9.17, 15) is 0 Å². The van der Waals surface area contributed by atoms with E-state index < -0.39 is 0 Å². The average Bonchev–Trinajstić information content (AvgIpc) is 2.48. The summed E-state index contributed by atoms with van der Waals surface area (Å²) in [5.74, 6) is 2.16. The van der Waals surface area contributed by atoms with Gasteiger partial charge in [-0.25, -0.2) is 4.98 Å². The van der Waals surface area contributed by atoms with Crippen molar-refractivity contribution in [1.82, 2.24) is 9.88 Å². The lowest BCUT2D eigenvalue weighted by atomic mass is 10.1.